The van der Waals surface area contributed by atoms with Gasteiger partial charge < -0.3 is 15.6 Å². The van der Waals surface area contributed by atoms with Gasteiger partial charge in [0, 0.05) is 18.8 Å². The summed E-state index contributed by atoms with van der Waals surface area (Å²) in [7, 11) is 0. The predicted octanol–water partition coefficient (Wildman–Crippen LogP) is 2.02. The lowest BCUT2D eigenvalue weighted by molar-refractivity contribution is 0.0949. The van der Waals surface area contributed by atoms with E-state index in [1.165, 1.54) is 0 Å². The summed E-state index contributed by atoms with van der Waals surface area (Å²) >= 11 is 0. The van der Waals surface area contributed by atoms with Crippen LogP contribution in [0.4, 0.5) is 0 Å². The largest absolute Gasteiger partial charge is 0.351 e. The van der Waals surface area contributed by atoms with E-state index in [2.05, 4.69) is 15.6 Å². The van der Waals surface area contributed by atoms with E-state index in [9.17, 15) is 4.79 Å². The second-order valence-electron chi connectivity index (χ2n) is 4.26. The summed E-state index contributed by atoms with van der Waals surface area (Å²) in [5.74, 6) is -0.0694. The number of hydrogen-bond acceptors (Lipinski definition) is 2. The maximum Gasteiger partial charge on any atom is 0.267 e. The van der Waals surface area contributed by atoms with Crippen molar-refractivity contribution in [2.45, 2.75) is 6.92 Å². The van der Waals surface area contributed by atoms with Crippen molar-refractivity contribution in [3.8, 4) is 11.3 Å². The Morgan fingerprint density at radius 3 is 2.63 bits per heavy atom. The number of nitrogens with one attached hydrogen (secondary N) is 3. The Labute approximate surface area is 113 Å². The molecule has 0 unspecified atom stereocenters. The molecule has 0 aliphatic carbocycles. The molecule has 1 aromatic heterocycles. The number of aromatic amines is 1. The summed E-state index contributed by atoms with van der Waals surface area (Å²) in [6.45, 7) is 4.37. The molecule has 0 radical (unpaired) electrons. The molecular weight excluding hydrogens is 238 g/mol. The Kier molecular flexibility index (Phi) is 4.75. The van der Waals surface area contributed by atoms with Gasteiger partial charge in [-0.15, -0.1) is 0 Å². The molecular formula is C15H19N3O. The monoisotopic (exact) mass is 257 g/mol. The molecule has 1 heterocycles. The first-order chi connectivity index (χ1) is 9.31. The summed E-state index contributed by atoms with van der Waals surface area (Å²) in [6.07, 6.45) is 0. The SMILES string of the molecule is CCNCCNC(=O)c1ccc(-c2ccccc2)[nH]1. The third-order valence-corrected chi connectivity index (χ3v) is 2.85. The molecule has 100 valence electrons. The second kappa shape index (κ2) is 6.75. The van der Waals surface area contributed by atoms with Crippen LogP contribution in [-0.4, -0.2) is 30.5 Å². The lowest BCUT2D eigenvalue weighted by atomic mass is 10.2. The third-order valence-electron chi connectivity index (χ3n) is 2.85. The number of hydrogen-bond donors (Lipinski definition) is 3. The van der Waals surface area contributed by atoms with Crippen molar-refractivity contribution in [1.29, 1.82) is 0 Å². The Morgan fingerprint density at radius 1 is 1.11 bits per heavy atom. The Balaban J connectivity index is 1.95. The molecule has 0 bridgehead atoms. The van der Waals surface area contributed by atoms with Gasteiger partial charge in [-0.3, -0.25) is 4.79 Å². The normalized spacial score (nSPS) is 10.4. The summed E-state index contributed by atoms with van der Waals surface area (Å²) in [6, 6.07) is 13.7. The van der Waals surface area contributed by atoms with Gasteiger partial charge in [0.15, 0.2) is 0 Å². The van der Waals surface area contributed by atoms with Crippen LogP contribution < -0.4 is 10.6 Å². The number of H-pyrrole nitrogens is 1. The maximum atomic E-state index is 11.9. The quantitative estimate of drug-likeness (QED) is 0.693. The smallest absolute Gasteiger partial charge is 0.267 e. The molecule has 3 N–H and O–H groups in total. The molecule has 4 nitrogen and oxygen atoms in total. The Morgan fingerprint density at radius 2 is 1.89 bits per heavy atom. The molecule has 1 amide bonds. The third kappa shape index (κ3) is 3.69. The van der Waals surface area contributed by atoms with Crippen molar-refractivity contribution in [1.82, 2.24) is 15.6 Å². The number of carbonyl (C=O) groups is 1. The zero-order chi connectivity index (χ0) is 13.5. The van der Waals surface area contributed by atoms with Crippen molar-refractivity contribution in [3.63, 3.8) is 0 Å². The van der Waals surface area contributed by atoms with Gasteiger partial charge in [0.25, 0.3) is 5.91 Å². The zero-order valence-corrected chi connectivity index (χ0v) is 11.1. The second-order valence-corrected chi connectivity index (χ2v) is 4.26. The van der Waals surface area contributed by atoms with Gasteiger partial charge in [-0.1, -0.05) is 37.3 Å². The highest BCUT2D eigenvalue weighted by Crippen LogP contribution is 2.17. The summed E-state index contributed by atoms with van der Waals surface area (Å²) in [5.41, 5.74) is 2.63. The fraction of sp³-hybridized carbons (Fsp3) is 0.267. The van der Waals surface area contributed by atoms with E-state index in [0.29, 0.717) is 12.2 Å². The fourth-order valence-electron chi connectivity index (χ4n) is 1.85. The first-order valence-electron chi connectivity index (χ1n) is 6.54. The molecule has 0 saturated heterocycles. The zero-order valence-electron chi connectivity index (χ0n) is 11.1. The van der Waals surface area contributed by atoms with E-state index < -0.39 is 0 Å². The highest BCUT2D eigenvalue weighted by atomic mass is 16.1. The molecule has 0 atom stereocenters. The minimum absolute atomic E-state index is 0.0694. The number of carbonyl (C=O) groups excluding carboxylic acids is 1. The van der Waals surface area contributed by atoms with Crippen molar-refractivity contribution < 1.29 is 4.79 Å². The van der Waals surface area contributed by atoms with E-state index in [-0.39, 0.29) is 5.91 Å². The molecule has 0 aliphatic rings. The maximum absolute atomic E-state index is 11.9. The topological polar surface area (TPSA) is 56.9 Å². The molecule has 2 aromatic rings. The fourth-order valence-corrected chi connectivity index (χ4v) is 1.85. The van der Waals surface area contributed by atoms with Crippen LogP contribution in [-0.2, 0) is 0 Å². The first kappa shape index (κ1) is 13.4. The van der Waals surface area contributed by atoms with Crippen LogP contribution in [0.5, 0.6) is 0 Å². The lowest BCUT2D eigenvalue weighted by Gasteiger charge is -2.04. The first-order valence-corrected chi connectivity index (χ1v) is 6.54. The number of rotatable bonds is 6. The van der Waals surface area contributed by atoms with Gasteiger partial charge in [-0.2, -0.15) is 0 Å². The highest BCUT2D eigenvalue weighted by Gasteiger charge is 2.08. The van der Waals surface area contributed by atoms with Gasteiger partial charge in [0.05, 0.1) is 0 Å². The molecule has 0 fully saturated rings. The molecule has 0 saturated carbocycles. The van der Waals surface area contributed by atoms with Crippen molar-refractivity contribution in [3.05, 3.63) is 48.2 Å². The van der Waals surface area contributed by atoms with Crippen LogP contribution in [0.2, 0.25) is 0 Å². The molecule has 4 heteroatoms. The van der Waals surface area contributed by atoms with Crippen LogP contribution in [0.25, 0.3) is 11.3 Å². The average molecular weight is 257 g/mol. The van der Waals surface area contributed by atoms with Gasteiger partial charge >= 0.3 is 0 Å². The van der Waals surface area contributed by atoms with E-state index in [4.69, 9.17) is 0 Å². The number of likely N-dealkylation sites (N-methyl/N-ethyl adjacent to an activating group) is 1. The van der Waals surface area contributed by atoms with Crippen LogP contribution in [0.3, 0.4) is 0 Å². The standard InChI is InChI=1S/C15H19N3O/c1-2-16-10-11-17-15(19)14-9-8-13(18-14)12-6-4-3-5-7-12/h3-9,16,18H,2,10-11H2,1H3,(H,17,19). The van der Waals surface area contributed by atoms with Crippen molar-refractivity contribution in [2.75, 3.05) is 19.6 Å². The molecule has 0 aliphatic heterocycles. The minimum atomic E-state index is -0.0694. The number of benzene rings is 1. The molecule has 19 heavy (non-hydrogen) atoms. The molecule has 1 aromatic carbocycles. The van der Waals surface area contributed by atoms with Crippen LogP contribution >= 0.6 is 0 Å². The van der Waals surface area contributed by atoms with Crippen LogP contribution in [0.15, 0.2) is 42.5 Å². The molecule has 0 spiro atoms. The molecule has 2 rings (SSSR count). The highest BCUT2D eigenvalue weighted by molar-refractivity contribution is 5.93. The van der Waals surface area contributed by atoms with E-state index in [0.717, 1.165) is 24.3 Å². The number of amides is 1. The van der Waals surface area contributed by atoms with Gasteiger partial charge in [0.2, 0.25) is 0 Å². The summed E-state index contributed by atoms with van der Waals surface area (Å²) in [5, 5.41) is 6.03. The van der Waals surface area contributed by atoms with Crippen LogP contribution in [0.1, 0.15) is 17.4 Å². The lowest BCUT2D eigenvalue weighted by Crippen LogP contribution is -2.31. The summed E-state index contributed by atoms with van der Waals surface area (Å²) in [4.78, 5) is 15.0. The average Bonchev–Trinajstić information content (AvgIpc) is 2.94. The van der Waals surface area contributed by atoms with E-state index in [1.807, 2.05) is 49.4 Å². The Hall–Kier alpha value is -2.07. The van der Waals surface area contributed by atoms with E-state index in [1.54, 1.807) is 0 Å². The minimum Gasteiger partial charge on any atom is -0.351 e. The summed E-state index contributed by atoms with van der Waals surface area (Å²) < 4.78 is 0. The van der Waals surface area contributed by atoms with E-state index >= 15 is 0 Å². The van der Waals surface area contributed by atoms with Gasteiger partial charge in [0.1, 0.15) is 5.69 Å². The van der Waals surface area contributed by atoms with Gasteiger partial charge in [-0.05, 0) is 24.2 Å². The van der Waals surface area contributed by atoms with Crippen molar-refractivity contribution in [2.24, 2.45) is 0 Å². The predicted molar refractivity (Wildman–Crippen MR) is 77.1 cm³/mol. The number of aromatic nitrogens is 1. The van der Waals surface area contributed by atoms with Crippen LogP contribution in [0, 0.1) is 0 Å². The van der Waals surface area contributed by atoms with Gasteiger partial charge in [-0.25, -0.2) is 0 Å². The Bertz CT molecular complexity index is 519. The van der Waals surface area contributed by atoms with Crippen molar-refractivity contribution >= 4 is 5.91 Å².